The van der Waals surface area contributed by atoms with Crippen LogP contribution in [0.4, 0.5) is 0 Å². The van der Waals surface area contributed by atoms with Crippen LogP contribution >= 0.6 is 0 Å². The Morgan fingerprint density at radius 1 is 1.00 bits per heavy atom. The lowest BCUT2D eigenvalue weighted by atomic mass is 9.90. The van der Waals surface area contributed by atoms with E-state index < -0.39 is 37.1 Å². The van der Waals surface area contributed by atoms with E-state index in [1.807, 2.05) is 18.2 Å². The predicted molar refractivity (Wildman–Crippen MR) is 98.0 cm³/mol. The molecule has 1 aliphatic heterocycles. The van der Waals surface area contributed by atoms with Crippen LogP contribution in [0.1, 0.15) is 22.0 Å². The van der Waals surface area contributed by atoms with Crippen molar-refractivity contribution in [3.8, 4) is 11.1 Å². The molecule has 0 aromatic heterocycles. The van der Waals surface area contributed by atoms with Gasteiger partial charge in [-0.1, -0.05) is 36.4 Å². The first-order valence-electron chi connectivity index (χ1n) is 8.69. The van der Waals surface area contributed by atoms with Gasteiger partial charge in [-0.2, -0.15) is 0 Å². The largest absolute Gasteiger partial charge is 0.394 e. The van der Waals surface area contributed by atoms with Gasteiger partial charge in [0.2, 0.25) is 0 Å². The fourth-order valence-electron chi connectivity index (χ4n) is 3.23. The maximum atomic E-state index is 11.8. The van der Waals surface area contributed by atoms with E-state index in [9.17, 15) is 25.2 Å². The second-order valence-corrected chi connectivity index (χ2v) is 6.53. The average molecular weight is 373 g/mol. The third-order valence-electron chi connectivity index (χ3n) is 4.82. The normalized spacial score (nSPS) is 28.0. The Morgan fingerprint density at radius 2 is 1.70 bits per heavy atom. The minimum atomic E-state index is -1.41. The van der Waals surface area contributed by atoms with Gasteiger partial charge < -0.3 is 30.5 Å². The lowest BCUT2D eigenvalue weighted by Gasteiger charge is -2.40. The molecule has 7 heteroatoms. The topological polar surface area (TPSA) is 119 Å². The fraction of sp³-hybridized carbons (Fsp3) is 0.350. The summed E-state index contributed by atoms with van der Waals surface area (Å²) in [4.78, 5) is 11.8. The second kappa shape index (κ2) is 8.16. The highest BCUT2D eigenvalue weighted by Crippen LogP contribution is 2.33. The van der Waals surface area contributed by atoms with E-state index in [1.54, 1.807) is 37.4 Å². The fourth-order valence-corrected chi connectivity index (χ4v) is 3.23. The number of amides is 1. The molecule has 2 aromatic rings. The molecule has 2 aromatic carbocycles. The number of benzene rings is 2. The first kappa shape index (κ1) is 19.5. The highest BCUT2D eigenvalue weighted by Gasteiger charge is 2.43. The van der Waals surface area contributed by atoms with Crippen LogP contribution in [0.3, 0.4) is 0 Å². The van der Waals surface area contributed by atoms with Gasteiger partial charge >= 0.3 is 0 Å². The molecule has 144 valence electrons. The van der Waals surface area contributed by atoms with Crippen LogP contribution in [-0.4, -0.2) is 64.4 Å². The number of carbonyl (C=O) groups excluding carboxylic acids is 1. The van der Waals surface area contributed by atoms with Crippen molar-refractivity contribution in [2.75, 3.05) is 13.7 Å². The summed E-state index contributed by atoms with van der Waals surface area (Å²) in [7, 11) is 1.57. The summed E-state index contributed by atoms with van der Waals surface area (Å²) < 4.78 is 5.56. The average Bonchev–Trinajstić information content (AvgIpc) is 2.72. The summed E-state index contributed by atoms with van der Waals surface area (Å²) in [6.07, 6.45) is -5.92. The van der Waals surface area contributed by atoms with Crippen molar-refractivity contribution in [3.05, 3.63) is 59.7 Å². The molecule has 1 fully saturated rings. The van der Waals surface area contributed by atoms with Gasteiger partial charge in [0.1, 0.15) is 30.5 Å². The molecule has 5 unspecified atom stereocenters. The van der Waals surface area contributed by atoms with Crippen molar-refractivity contribution in [2.24, 2.45) is 0 Å². The summed E-state index contributed by atoms with van der Waals surface area (Å²) in [5.74, 6) is -0.171. The number of rotatable bonds is 4. The molecule has 0 saturated carbocycles. The molecule has 0 spiro atoms. The first-order valence-corrected chi connectivity index (χ1v) is 8.69. The molecule has 5 atom stereocenters. The van der Waals surface area contributed by atoms with E-state index >= 15 is 0 Å². The molecule has 1 aliphatic rings. The Kier molecular flexibility index (Phi) is 5.88. The Labute approximate surface area is 156 Å². The quantitative estimate of drug-likeness (QED) is 0.523. The van der Waals surface area contributed by atoms with Gasteiger partial charge in [0.15, 0.2) is 0 Å². The Balaban J connectivity index is 1.84. The summed E-state index contributed by atoms with van der Waals surface area (Å²) >= 11 is 0. The van der Waals surface area contributed by atoms with E-state index in [-0.39, 0.29) is 5.91 Å². The van der Waals surface area contributed by atoms with Gasteiger partial charge in [-0.3, -0.25) is 4.79 Å². The number of aliphatic hydroxyl groups is 4. The van der Waals surface area contributed by atoms with E-state index in [2.05, 4.69) is 5.32 Å². The summed E-state index contributed by atoms with van der Waals surface area (Å²) in [6, 6.07) is 14.3. The molecule has 7 nitrogen and oxygen atoms in total. The van der Waals surface area contributed by atoms with Gasteiger partial charge in [0.05, 0.1) is 6.61 Å². The first-order chi connectivity index (χ1) is 13.0. The monoisotopic (exact) mass is 373 g/mol. The summed E-state index contributed by atoms with van der Waals surface area (Å²) in [5, 5.41) is 41.9. The third-order valence-corrected chi connectivity index (χ3v) is 4.82. The molecule has 1 amide bonds. The van der Waals surface area contributed by atoms with Crippen LogP contribution in [0, 0.1) is 0 Å². The minimum absolute atomic E-state index is 0.171. The SMILES string of the molecule is CNC(=O)c1cccc(-c2ccc(C3OC(CO)C(O)C(O)C3O)cc2)c1. The zero-order chi connectivity index (χ0) is 19.6. The van der Waals surface area contributed by atoms with E-state index in [4.69, 9.17) is 4.74 Å². The molecule has 27 heavy (non-hydrogen) atoms. The zero-order valence-corrected chi connectivity index (χ0v) is 14.8. The molecule has 0 radical (unpaired) electrons. The highest BCUT2D eigenvalue weighted by atomic mass is 16.5. The van der Waals surface area contributed by atoms with Crippen molar-refractivity contribution in [3.63, 3.8) is 0 Å². The minimum Gasteiger partial charge on any atom is -0.394 e. The highest BCUT2D eigenvalue weighted by molar-refractivity contribution is 5.95. The molecule has 0 bridgehead atoms. The van der Waals surface area contributed by atoms with Crippen LogP contribution in [-0.2, 0) is 4.74 Å². The van der Waals surface area contributed by atoms with Gasteiger partial charge in [-0.15, -0.1) is 0 Å². The van der Waals surface area contributed by atoms with Crippen LogP contribution < -0.4 is 5.32 Å². The summed E-state index contributed by atoms with van der Waals surface area (Å²) in [6.45, 7) is -0.466. The third kappa shape index (κ3) is 3.87. The summed E-state index contributed by atoms with van der Waals surface area (Å²) in [5.41, 5.74) is 2.89. The molecule has 1 saturated heterocycles. The number of hydrogen-bond donors (Lipinski definition) is 5. The standard InChI is InChI=1S/C20H23NO6/c1-21-20(26)14-4-2-3-13(9-14)11-5-7-12(8-6-11)19-18(25)17(24)16(23)15(10-22)27-19/h2-9,15-19,22-25H,10H2,1H3,(H,21,26). The molecular formula is C20H23NO6. The van der Waals surface area contributed by atoms with Crippen LogP contribution in [0.25, 0.3) is 11.1 Å². The molecular weight excluding hydrogens is 350 g/mol. The van der Waals surface area contributed by atoms with Crippen LogP contribution in [0.5, 0.6) is 0 Å². The van der Waals surface area contributed by atoms with E-state index in [1.165, 1.54) is 0 Å². The number of carbonyl (C=O) groups is 1. The predicted octanol–water partition coefficient (Wildman–Crippen LogP) is 0.228. The van der Waals surface area contributed by atoms with Gasteiger partial charge in [-0.05, 0) is 28.8 Å². The lowest BCUT2D eigenvalue weighted by molar-refractivity contribution is -0.231. The van der Waals surface area contributed by atoms with E-state index in [0.29, 0.717) is 11.1 Å². The van der Waals surface area contributed by atoms with Gasteiger partial charge in [0, 0.05) is 12.6 Å². The maximum absolute atomic E-state index is 11.8. The Bertz CT molecular complexity index is 791. The van der Waals surface area contributed by atoms with Crippen molar-refractivity contribution in [1.82, 2.24) is 5.32 Å². The number of ether oxygens (including phenoxy) is 1. The molecule has 3 rings (SSSR count). The molecule has 5 N–H and O–H groups in total. The zero-order valence-electron chi connectivity index (χ0n) is 14.8. The van der Waals surface area contributed by atoms with Gasteiger partial charge in [-0.25, -0.2) is 0 Å². The molecule has 1 heterocycles. The Morgan fingerprint density at radius 3 is 2.33 bits per heavy atom. The van der Waals surface area contributed by atoms with Crippen LogP contribution in [0.2, 0.25) is 0 Å². The van der Waals surface area contributed by atoms with Crippen molar-refractivity contribution < 1.29 is 30.0 Å². The maximum Gasteiger partial charge on any atom is 0.251 e. The number of aliphatic hydroxyl groups excluding tert-OH is 4. The molecule has 0 aliphatic carbocycles. The lowest BCUT2D eigenvalue weighted by Crippen LogP contribution is -2.55. The van der Waals surface area contributed by atoms with E-state index in [0.717, 1.165) is 11.1 Å². The smallest absolute Gasteiger partial charge is 0.251 e. The van der Waals surface area contributed by atoms with Crippen LogP contribution in [0.15, 0.2) is 48.5 Å². The Hall–Kier alpha value is -2.29. The second-order valence-electron chi connectivity index (χ2n) is 6.53. The van der Waals surface area contributed by atoms with Gasteiger partial charge in [0.25, 0.3) is 5.91 Å². The number of nitrogens with one attached hydrogen (secondary N) is 1. The van der Waals surface area contributed by atoms with Crippen molar-refractivity contribution >= 4 is 5.91 Å². The van der Waals surface area contributed by atoms with Crippen molar-refractivity contribution in [2.45, 2.75) is 30.5 Å². The van der Waals surface area contributed by atoms with Crippen molar-refractivity contribution in [1.29, 1.82) is 0 Å². The number of hydrogen-bond acceptors (Lipinski definition) is 6.